The molecule has 0 heteroatoms. The first-order chi connectivity index (χ1) is 4.95. The van der Waals surface area contributed by atoms with Crippen LogP contribution in [0.2, 0.25) is 0 Å². The van der Waals surface area contributed by atoms with Crippen LogP contribution in [0.1, 0.15) is 32.1 Å². The number of fused-ring (bicyclic) bond motifs is 5. The fourth-order valence-corrected chi connectivity index (χ4v) is 3.56. The van der Waals surface area contributed by atoms with Gasteiger partial charge in [0.15, 0.2) is 0 Å². The van der Waals surface area contributed by atoms with Gasteiger partial charge in [0.2, 0.25) is 0 Å². The summed E-state index contributed by atoms with van der Waals surface area (Å²) in [5.74, 6) is 4.26. The topological polar surface area (TPSA) is 0 Å². The third-order valence-corrected chi connectivity index (χ3v) is 3.95. The first-order valence-electron chi connectivity index (χ1n) is 4.68. The third-order valence-electron chi connectivity index (χ3n) is 3.95. The molecule has 0 heterocycles. The summed E-state index contributed by atoms with van der Waals surface area (Å²) in [6.45, 7) is 0. The lowest BCUT2D eigenvalue weighted by Gasteiger charge is -2.23. The van der Waals surface area contributed by atoms with Crippen LogP contribution >= 0.6 is 0 Å². The Bertz CT molecular complexity index is 134. The molecule has 0 nitrogen and oxygen atoms in total. The monoisotopic (exact) mass is 134 g/mol. The molecular formula is C10H14. The predicted octanol–water partition coefficient (Wildman–Crippen LogP) is 2.52. The van der Waals surface area contributed by atoms with E-state index in [4.69, 9.17) is 0 Å². The summed E-state index contributed by atoms with van der Waals surface area (Å²) in [5.41, 5.74) is 0. The van der Waals surface area contributed by atoms with Gasteiger partial charge in [0.1, 0.15) is 0 Å². The summed E-state index contributed by atoms with van der Waals surface area (Å²) in [6, 6.07) is 0. The first kappa shape index (κ1) is 5.62. The minimum atomic E-state index is 0.957. The van der Waals surface area contributed by atoms with Gasteiger partial charge in [0, 0.05) is 0 Å². The molecule has 3 aliphatic rings. The normalized spacial score (nSPS) is 57.6. The van der Waals surface area contributed by atoms with Gasteiger partial charge in [-0.3, -0.25) is 0 Å². The van der Waals surface area contributed by atoms with Crippen LogP contribution in [0.25, 0.3) is 0 Å². The van der Waals surface area contributed by atoms with E-state index in [-0.39, 0.29) is 0 Å². The summed E-state index contributed by atoms with van der Waals surface area (Å²) in [4.78, 5) is 0. The Morgan fingerprint density at radius 3 is 2.80 bits per heavy atom. The molecule has 3 fully saturated rings. The summed E-state index contributed by atoms with van der Waals surface area (Å²) in [6.07, 6.45) is 11.1. The Morgan fingerprint density at radius 1 is 1.00 bits per heavy atom. The van der Waals surface area contributed by atoms with Gasteiger partial charge in [-0.15, -0.1) is 0 Å². The van der Waals surface area contributed by atoms with Crippen LogP contribution < -0.4 is 0 Å². The van der Waals surface area contributed by atoms with Crippen molar-refractivity contribution in [3.8, 4) is 0 Å². The van der Waals surface area contributed by atoms with Crippen molar-refractivity contribution in [2.24, 2.45) is 23.7 Å². The van der Waals surface area contributed by atoms with E-state index >= 15 is 0 Å². The highest BCUT2D eigenvalue weighted by atomic mass is 14.5. The highest BCUT2D eigenvalue weighted by Gasteiger charge is 2.49. The van der Waals surface area contributed by atoms with Crippen molar-refractivity contribution in [1.29, 1.82) is 0 Å². The maximum absolute atomic E-state index is 3.65. The van der Waals surface area contributed by atoms with Crippen molar-refractivity contribution in [3.05, 3.63) is 6.42 Å². The summed E-state index contributed by atoms with van der Waals surface area (Å²) >= 11 is 0. The molecule has 3 saturated carbocycles. The maximum atomic E-state index is 3.65. The molecule has 0 aromatic heterocycles. The SMILES string of the molecule is [C]1CCC2C3CCC(C3)C12. The zero-order chi connectivity index (χ0) is 6.55. The Labute approximate surface area is 63.0 Å². The molecule has 0 N–H and O–H groups in total. The molecule has 2 bridgehead atoms. The Hall–Kier alpha value is 0. The standard InChI is InChI=1S/C10H14/c1-2-9-7-4-5-8(6-7)10(9)3-1/h7-10H,1-2,4-6H2. The second-order valence-corrected chi connectivity index (χ2v) is 4.27. The molecule has 0 aromatic carbocycles. The van der Waals surface area contributed by atoms with Crippen LogP contribution in [-0.2, 0) is 0 Å². The van der Waals surface area contributed by atoms with E-state index in [1.165, 1.54) is 19.3 Å². The molecule has 3 aliphatic carbocycles. The zero-order valence-corrected chi connectivity index (χ0v) is 6.34. The molecule has 0 aromatic rings. The lowest BCUT2D eigenvalue weighted by Crippen LogP contribution is -2.16. The predicted molar refractivity (Wildman–Crippen MR) is 40.3 cm³/mol. The van der Waals surface area contributed by atoms with Gasteiger partial charge >= 0.3 is 0 Å². The minimum absolute atomic E-state index is 0.957. The second kappa shape index (κ2) is 1.78. The molecule has 0 saturated heterocycles. The molecule has 0 amide bonds. The molecular weight excluding hydrogens is 120 g/mol. The van der Waals surface area contributed by atoms with Gasteiger partial charge in [-0.25, -0.2) is 0 Å². The van der Waals surface area contributed by atoms with Gasteiger partial charge in [0.25, 0.3) is 0 Å². The number of rotatable bonds is 0. The van der Waals surface area contributed by atoms with Crippen LogP contribution in [0.5, 0.6) is 0 Å². The van der Waals surface area contributed by atoms with Crippen molar-refractivity contribution in [2.45, 2.75) is 32.1 Å². The van der Waals surface area contributed by atoms with E-state index in [2.05, 4.69) is 6.42 Å². The third kappa shape index (κ3) is 0.538. The molecule has 10 heavy (non-hydrogen) atoms. The molecule has 54 valence electrons. The molecule has 0 aliphatic heterocycles. The van der Waals surface area contributed by atoms with E-state index in [1.54, 1.807) is 12.8 Å². The fourth-order valence-electron chi connectivity index (χ4n) is 3.56. The van der Waals surface area contributed by atoms with Crippen LogP contribution in [-0.4, -0.2) is 0 Å². The number of hydrogen-bond acceptors (Lipinski definition) is 0. The minimum Gasteiger partial charge on any atom is -0.0499 e. The van der Waals surface area contributed by atoms with E-state index in [0.717, 1.165) is 23.7 Å². The van der Waals surface area contributed by atoms with E-state index in [0.29, 0.717) is 0 Å². The van der Waals surface area contributed by atoms with E-state index < -0.39 is 0 Å². The largest absolute Gasteiger partial charge is 0.0499 e. The van der Waals surface area contributed by atoms with Crippen LogP contribution in [0.4, 0.5) is 0 Å². The fraction of sp³-hybridized carbons (Fsp3) is 0.900. The van der Waals surface area contributed by atoms with Gasteiger partial charge < -0.3 is 0 Å². The van der Waals surface area contributed by atoms with Crippen molar-refractivity contribution in [2.75, 3.05) is 0 Å². The molecule has 4 atom stereocenters. The average molecular weight is 134 g/mol. The van der Waals surface area contributed by atoms with Crippen molar-refractivity contribution >= 4 is 0 Å². The van der Waals surface area contributed by atoms with Crippen LogP contribution in [0.15, 0.2) is 0 Å². The first-order valence-corrected chi connectivity index (χ1v) is 4.68. The summed E-state index contributed by atoms with van der Waals surface area (Å²) < 4.78 is 0. The molecule has 2 radical (unpaired) electrons. The van der Waals surface area contributed by atoms with Gasteiger partial charge in [0.05, 0.1) is 0 Å². The van der Waals surface area contributed by atoms with Crippen molar-refractivity contribution in [1.82, 2.24) is 0 Å². The summed E-state index contributed by atoms with van der Waals surface area (Å²) in [7, 11) is 0. The Kier molecular flexibility index (Phi) is 1.00. The van der Waals surface area contributed by atoms with E-state index in [1.807, 2.05) is 0 Å². The summed E-state index contributed by atoms with van der Waals surface area (Å²) in [5, 5.41) is 0. The highest BCUT2D eigenvalue weighted by Crippen LogP contribution is 2.58. The highest BCUT2D eigenvalue weighted by molar-refractivity contribution is 5.05. The van der Waals surface area contributed by atoms with E-state index in [9.17, 15) is 0 Å². The smallest absolute Gasteiger partial charge is 0.0134 e. The average Bonchev–Trinajstić information content (AvgIpc) is 2.60. The van der Waals surface area contributed by atoms with Crippen LogP contribution in [0.3, 0.4) is 0 Å². The quantitative estimate of drug-likeness (QED) is 0.477. The molecule has 0 spiro atoms. The van der Waals surface area contributed by atoms with Crippen LogP contribution in [0, 0.1) is 30.1 Å². The zero-order valence-electron chi connectivity index (χ0n) is 6.34. The Morgan fingerprint density at radius 2 is 1.90 bits per heavy atom. The molecule has 3 rings (SSSR count). The maximum Gasteiger partial charge on any atom is -0.0134 e. The van der Waals surface area contributed by atoms with Gasteiger partial charge in [-0.1, -0.05) is 0 Å². The van der Waals surface area contributed by atoms with Gasteiger partial charge in [-0.2, -0.15) is 0 Å². The molecule has 4 unspecified atom stereocenters. The van der Waals surface area contributed by atoms with Crippen molar-refractivity contribution in [3.63, 3.8) is 0 Å². The van der Waals surface area contributed by atoms with Gasteiger partial charge in [-0.05, 0) is 62.2 Å². The second-order valence-electron chi connectivity index (χ2n) is 4.27. The lowest BCUT2D eigenvalue weighted by atomic mass is 9.82. The Balaban J connectivity index is 1.92. The lowest BCUT2D eigenvalue weighted by molar-refractivity contribution is 0.282. The number of hydrogen-bond donors (Lipinski definition) is 0. The van der Waals surface area contributed by atoms with Crippen molar-refractivity contribution < 1.29 is 0 Å².